The summed E-state index contributed by atoms with van der Waals surface area (Å²) >= 11 is 0. The van der Waals surface area contributed by atoms with Gasteiger partial charge in [0.25, 0.3) is 0 Å². The average molecular weight is 343 g/mol. The zero-order valence-electron chi connectivity index (χ0n) is 13.5. The van der Waals surface area contributed by atoms with Crippen LogP contribution in [-0.2, 0) is 9.47 Å². The third-order valence-corrected chi connectivity index (χ3v) is 3.87. The molecular formula is C16H25NO7. The smallest absolute Gasteiger partial charge is 0.186 e. The molecule has 5 atom stereocenters. The lowest BCUT2D eigenvalue weighted by Gasteiger charge is -2.39. The van der Waals surface area contributed by atoms with Gasteiger partial charge in [0.1, 0.15) is 30.2 Å². The molecular weight excluding hydrogens is 318 g/mol. The van der Waals surface area contributed by atoms with E-state index < -0.39 is 37.3 Å². The molecule has 136 valence electrons. The third kappa shape index (κ3) is 4.79. The Morgan fingerprint density at radius 2 is 1.79 bits per heavy atom. The Labute approximate surface area is 140 Å². The van der Waals surface area contributed by atoms with Crippen molar-refractivity contribution in [1.29, 1.82) is 0 Å². The van der Waals surface area contributed by atoms with Crippen molar-refractivity contribution in [3.63, 3.8) is 0 Å². The minimum atomic E-state index is -1.42. The molecule has 1 saturated heterocycles. The molecule has 0 bridgehead atoms. The van der Waals surface area contributed by atoms with E-state index in [0.717, 1.165) is 11.4 Å². The zero-order chi connectivity index (χ0) is 17.5. The van der Waals surface area contributed by atoms with Crippen LogP contribution in [-0.4, -0.2) is 78.0 Å². The van der Waals surface area contributed by atoms with Crippen LogP contribution in [0.15, 0.2) is 24.3 Å². The van der Waals surface area contributed by atoms with Crippen LogP contribution in [0.1, 0.15) is 6.42 Å². The van der Waals surface area contributed by atoms with Crippen molar-refractivity contribution in [3.8, 4) is 5.75 Å². The molecule has 0 saturated carbocycles. The van der Waals surface area contributed by atoms with Crippen LogP contribution < -0.4 is 10.1 Å². The Bertz CT molecular complexity index is 482. The van der Waals surface area contributed by atoms with Crippen LogP contribution in [0, 0.1) is 0 Å². The maximum absolute atomic E-state index is 9.84. The molecule has 5 N–H and O–H groups in total. The highest BCUT2D eigenvalue weighted by molar-refractivity contribution is 5.46. The standard InChI is InChI=1S/C16H25NO7/c1-22-11-5-3-10(4-6-11)17-7-2-8-23-16-15(21)14(20)13(19)12(9-18)24-16/h3-6,12-21H,2,7-9H2,1H3/t12?,13-,14+,15-,16-/m1/s1. The number of ether oxygens (including phenoxy) is 3. The highest BCUT2D eigenvalue weighted by atomic mass is 16.7. The SMILES string of the molecule is COc1ccc(NCCCO[C@@H]2OC(CO)[C@@H](O)[C@H](O)[C@H]2O)cc1. The summed E-state index contributed by atoms with van der Waals surface area (Å²) in [6.07, 6.45) is -5.55. The van der Waals surface area contributed by atoms with Gasteiger partial charge in [-0.05, 0) is 30.7 Å². The van der Waals surface area contributed by atoms with Gasteiger partial charge in [0.2, 0.25) is 0 Å². The lowest BCUT2D eigenvalue weighted by Crippen LogP contribution is -2.59. The van der Waals surface area contributed by atoms with Crippen LogP contribution in [0.25, 0.3) is 0 Å². The van der Waals surface area contributed by atoms with Crippen molar-refractivity contribution < 1.29 is 34.6 Å². The van der Waals surface area contributed by atoms with Crippen molar-refractivity contribution in [2.75, 3.05) is 32.2 Å². The molecule has 0 amide bonds. The van der Waals surface area contributed by atoms with Gasteiger partial charge in [0.05, 0.1) is 20.3 Å². The van der Waals surface area contributed by atoms with Crippen molar-refractivity contribution in [2.45, 2.75) is 37.1 Å². The van der Waals surface area contributed by atoms with Gasteiger partial charge < -0.3 is 40.0 Å². The van der Waals surface area contributed by atoms with Crippen LogP contribution in [0.4, 0.5) is 5.69 Å². The summed E-state index contributed by atoms with van der Waals surface area (Å²) in [4.78, 5) is 0. The Kier molecular flexibility index (Phi) is 7.22. The molecule has 1 aromatic rings. The summed E-state index contributed by atoms with van der Waals surface area (Å²) in [6.45, 7) is 0.458. The van der Waals surface area contributed by atoms with E-state index in [2.05, 4.69) is 5.32 Å². The molecule has 1 unspecified atom stereocenters. The summed E-state index contributed by atoms with van der Waals surface area (Å²) in [5.74, 6) is 0.784. The second-order valence-corrected chi connectivity index (χ2v) is 5.58. The summed E-state index contributed by atoms with van der Waals surface area (Å²) < 4.78 is 15.7. The molecule has 0 aliphatic carbocycles. The monoisotopic (exact) mass is 343 g/mol. The first kappa shape index (κ1) is 18.9. The number of benzene rings is 1. The Hall–Kier alpha value is -1.42. The number of rotatable bonds is 8. The molecule has 0 spiro atoms. The summed E-state index contributed by atoms with van der Waals surface area (Å²) in [7, 11) is 1.61. The van der Waals surface area contributed by atoms with Gasteiger partial charge >= 0.3 is 0 Å². The van der Waals surface area contributed by atoms with Crippen molar-refractivity contribution >= 4 is 5.69 Å². The molecule has 1 fully saturated rings. The van der Waals surface area contributed by atoms with Gasteiger partial charge in [-0.15, -0.1) is 0 Å². The summed E-state index contributed by atoms with van der Waals surface area (Å²) in [5, 5.41) is 41.5. The van der Waals surface area contributed by atoms with Crippen molar-refractivity contribution in [1.82, 2.24) is 0 Å². The van der Waals surface area contributed by atoms with Gasteiger partial charge in [-0.1, -0.05) is 0 Å². The molecule has 1 heterocycles. The van der Waals surface area contributed by atoms with E-state index in [-0.39, 0.29) is 6.61 Å². The minimum absolute atomic E-state index is 0.284. The average Bonchev–Trinajstić information content (AvgIpc) is 2.61. The Morgan fingerprint density at radius 1 is 1.08 bits per heavy atom. The molecule has 2 rings (SSSR count). The quantitative estimate of drug-likeness (QED) is 0.394. The molecule has 0 aromatic heterocycles. The number of hydrogen-bond donors (Lipinski definition) is 5. The number of anilines is 1. The van der Waals surface area contributed by atoms with E-state index >= 15 is 0 Å². The van der Waals surface area contributed by atoms with Gasteiger partial charge in [0.15, 0.2) is 6.29 Å². The topological polar surface area (TPSA) is 121 Å². The van der Waals surface area contributed by atoms with Crippen LogP contribution in [0.5, 0.6) is 5.75 Å². The first-order valence-corrected chi connectivity index (χ1v) is 7.87. The van der Waals surface area contributed by atoms with Crippen molar-refractivity contribution in [2.24, 2.45) is 0 Å². The lowest BCUT2D eigenvalue weighted by atomic mass is 9.99. The van der Waals surface area contributed by atoms with Gasteiger partial charge in [-0.3, -0.25) is 0 Å². The highest BCUT2D eigenvalue weighted by Crippen LogP contribution is 2.22. The van der Waals surface area contributed by atoms with E-state index in [1.807, 2.05) is 24.3 Å². The van der Waals surface area contributed by atoms with E-state index in [0.29, 0.717) is 13.0 Å². The number of hydrogen-bond acceptors (Lipinski definition) is 8. The number of aliphatic hydroxyl groups is 4. The molecule has 1 aromatic carbocycles. The Balaban J connectivity index is 1.69. The predicted molar refractivity (Wildman–Crippen MR) is 85.8 cm³/mol. The van der Waals surface area contributed by atoms with Crippen LogP contribution in [0.3, 0.4) is 0 Å². The van der Waals surface area contributed by atoms with E-state index in [4.69, 9.17) is 19.3 Å². The minimum Gasteiger partial charge on any atom is -0.497 e. The van der Waals surface area contributed by atoms with Crippen LogP contribution in [0.2, 0.25) is 0 Å². The fourth-order valence-electron chi connectivity index (χ4n) is 2.42. The first-order valence-electron chi connectivity index (χ1n) is 7.87. The van der Waals surface area contributed by atoms with Gasteiger partial charge in [-0.25, -0.2) is 0 Å². The molecule has 0 radical (unpaired) electrons. The number of methoxy groups -OCH3 is 1. The molecule has 8 nitrogen and oxygen atoms in total. The Morgan fingerprint density at radius 3 is 2.42 bits per heavy atom. The molecule has 1 aliphatic rings. The number of nitrogens with one attached hydrogen (secondary N) is 1. The van der Waals surface area contributed by atoms with E-state index in [1.54, 1.807) is 7.11 Å². The van der Waals surface area contributed by atoms with Gasteiger partial charge in [-0.2, -0.15) is 0 Å². The zero-order valence-corrected chi connectivity index (χ0v) is 13.5. The molecule has 8 heteroatoms. The van der Waals surface area contributed by atoms with E-state index in [9.17, 15) is 15.3 Å². The van der Waals surface area contributed by atoms with Crippen LogP contribution >= 0.6 is 0 Å². The first-order chi connectivity index (χ1) is 11.6. The second-order valence-electron chi connectivity index (χ2n) is 5.58. The second kappa shape index (κ2) is 9.16. The van der Waals surface area contributed by atoms with Crippen molar-refractivity contribution in [3.05, 3.63) is 24.3 Å². The maximum atomic E-state index is 9.84. The summed E-state index contributed by atoms with van der Waals surface area (Å²) in [5.41, 5.74) is 0.948. The number of aliphatic hydroxyl groups excluding tert-OH is 4. The van der Waals surface area contributed by atoms with E-state index in [1.165, 1.54) is 0 Å². The molecule has 1 aliphatic heterocycles. The maximum Gasteiger partial charge on any atom is 0.186 e. The highest BCUT2D eigenvalue weighted by Gasteiger charge is 2.43. The van der Waals surface area contributed by atoms with Gasteiger partial charge in [0, 0.05) is 12.2 Å². The lowest BCUT2D eigenvalue weighted by molar-refractivity contribution is -0.301. The predicted octanol–water partition coefficient (Wildman–Crippen LogP) is -0.686. The normalized spacial score (nSPS) is 30.1. The largest absolute Gasteiger partial charge is 0.497 e. The third-order valence-electron chi connectivity index (χ3n) is 3.87. The fourth-order valence-corrected chi connectivity index (χ4v) is 2.42. The molecule has 24 heavy (non-hydrogen) atoms. The fraction of sp³-hybridized carbons (Fsp3) is 0.625. The summed E-state index contributed by atoms with van der Waals surface area (Å²) in [6, 6.07) is 7.51.